The van der Waals surface area contributed by atoms with Crippen molar-refractivity contribution in [1.29, 1.82) is 0 Å². The summed E-state index contributed by atoms with van der Waals surface area (Å²) in [4.78, 5) is 16.2. The molecule has 1 aliphatic rings. The lowest BCUT2D eigenvalue weighted by Crippen LogP contribution is -2.36. The maximum Gasteiger partial charge on any atom is 0.275 e. The number of aromatic nitrogens is 3. The maximum absolute atomic E-state index is 12.3. The zero-order valence-corrected chi connectivity index (χ0v) is 17.8. The molecule has 1 aliphatic heterocycles. The SMILES string of the molecule is COc1cc(C)c(CN2CCC[C@@H](n3cc(C(=O)N(C)CCO)nn3)C2)cc1C. The lowest BCUT2D eigenvalue weighted by molar-refractivity contribution is 0.0761. The highest BCUT2D eigenvalue weighted by atomic mass is 16.5. The summed E-state index contributed by atoms with van der Waals surface area (Å²) in [6, 6.07) is 4.51. The van der Waals surface area contributed by atoms with Crippen LogP contribution in [0.2, 0.25) is 0 Å². The summed E-state index contributed by atoms with van der Waals surface area (Å²) < 4.78 is 7.24. The monoisotopic (exact) mass is 401 g/mol. The van der Waals surface area contributed by atoms with Crippen molar-refractivity contribution in [1.82, 2.24) is 24.8 Å². The fourth-order valence-corrected chi connectivity index (χ4v) is 3.87. The standard InChI is InChI=1S/C21H31N5O3/c1-15-11-20(29-4)16(2)10-17(15)12-25-7-5-6-18(13-25)26-14-19(22-23-26)21(28)24(3)8-9-27/h10-11,14,18,27H,5-9,12-13H2,1-4H3/t18-/m1/s1. The molecule has 0 bridgehead atoms. The van der Waals surface area contributed by atoms with Crippen LogP contribution in [0.4, 0.5) is 0 Å². The van der Waals surface area contributed by atoms with E-state index in [1.165, 1.54) is 16.0 Å². The van der Waals surface area contributed by atoms with Gasteiger partial charge >= 0.3 is 0 Å². The number of ether oxygens (including phenoxy) is 1. The molecule has 1 fully saturated rings. The molecule has 0 saturated carbocycles. The first kappa shape index (κ1) is 21.3. The molecule has 0 spiro atoms. The molecule has 1 saturated heterocycles. The molecule has 3 rings (SSSR count). The second-order valence-corrected chi connectivity index (χ2v) is 7.81. The number of piperidine rings is 1. The van der Waals surface area contributed by atoms with E-state index in [9.17, 15) is 4.79 Å². The van der Waals surface area contributed by atoms with Crippen LogP contribution >= 0.6 is 0 Å². The minimum Gasteiger partial charge on any atom is -0.496 e. The van der Waals surface area contributed by atoms with Crippen LogP contribution in [0.5, 0.6) is 5.75 Å². The summed E-state index contributed by atoms with van der Waals surface area (Å²) in [5.41, 5.74) is 4.01. The van der Waals surface area contributed by atoms with Gasteiger partial charge in [0, 0.05) is 26.7 Å². The largest absolute Gasteiger partial charge is 0.496 e. The van der Waals surface area contributed by atoms with Crippen LogP contribution in [-0.4, -0.2) is 76.2 Å². The van der Waals surface area contributed by atoms with Gasteiger partial charge in [-0.2, -0.15) is 0 Å². The average Bonchev–Trinajstić information content (AvgIpc) is 3.20. The Balaban J connectivity index is 1.67. The number of amides is 1. The average molecular weight is 402 g/mol. The second-order valence-electron chi connectivity index (χ2n) is 7.81. The van der Waals surface area contributed by atoms with Crippen molar-refractivity contribution in [3.05, 3.63) is 40.7 Å². The summed E-state index contributed by atoms with van der Waals surface area (Å²) in [6.45, 7) is 7.20. The number of hydrogen-bond donors (Lipinski definition) is 1. The normalized spacial score (nSPS) is 17.3. The van der Waals surface area contributed by atoms with Gasteiger partial charge < -0.3 is 14.7 Å². The molecular weight excluding hydrogens is 370 g/mol. The van der Waals surface area contributed by atoms with Crippen LogP contribution < -0.4 is 4.74 Å². The molecule has 0 unspecified atom stereocenters. The molecule has 1 N–H and O–H groups in total. The van der Waals surface area contributed by atoms with E-state index in [1.54, 1.807) is 20.4 Å². The quantitative estimate of drug-likeness (QED) is 0.762. The number of rotatable bonds is 7. The third-order valence-corrected chi connectivity index (χ3v) is 5.61. The molecule has 8 heteroatoms. The predicted octanol–water partition coefficient (Wildman–Crippen LogP) is 1.80. The van der Waals surface area contributed by atoms with E-state index in [2.05, 4.69) is 41.2 Å². The second kappa shape index (κ2) is 9.37. The van der Waals surface area contributed by atoms with E-state index < -0.39 is 0 Å². The van der Waals surface area contributed by atoms with Gasteiger partial charge in [0.2, 0.25) is 0 Å². The molecule has 2 heterocycles. The molecular formula is C21H31N5O3. The Labute approximate surface area is 172 Å². The molecule has 1 amide bonds. The first-order chi connectivity index (χ1) is 13.9. The molecule has 1 aromatic carbocycles. The summed E-state index contributed by atoms with van der Waals surface area (Å²) in [5, 5.41) is 17.3. The maximum atomic E-state index is 12.3. The van der Waals surface area contributed by atoms with Gasteiger partial charge in [-0.3, -0.25) is 9.69 Å². The number of nitrogens with zero attached hydrogens (tertiary/aromatic N) is 5. The van der Waals surface area contributed by atoms with Gasteiger partial charge in [-0.25, -0.2) is 4.68 Å². The van der Waals surface area contributed by atoms with Crippen LogP contribution in [0.25, 0.3) is 0 Å². The van der Waals surface area contributed by atoms with E-state index in [4.69, 9.17) is 9.84 Å². The Morgan fingerprint density at radius 2 is 2.14 bits per heavy atom. The molecule has 1 atom stereocenters. The van der Waals surface area contributed by atoms with Crippen molar-refractivity contribution in [3.8, 4) is 5.75 Å². The van der Waals surface area contributed by atoms with Crippen LogP contribution in [0, 0.1) is 13.8 Å². The highest BCUT2D eigenvalue weighted by molar-refractivity contribution is 5.91. The highest BCUT2D eigenvalue weighted by Crippen LogP contribution is 2.26. The first-order valence-corrected chi connectivity index (χ1v) is 10.1. The van der Waals surface area contributed by atoms with E-state index >= 15 is 0 Å². The van der Waals surface area contributed by atoms with E-state index in [1.807, 2.05) is 4.68 Å². The molecule has 0 radical (unpaired) electrons. The number of carbonyl (C=O) groups excluding carboxylic acids is 1. The topological polar surface area (TPSA) is 83.7 Å². The van der Waals surface area contributed by atoms with Crippen LogP contribution in [-0.2, 0) is 6.54 Å². The predicted molar refractivity (Wildman–Crippen MR) is 110 cm³/mol. The minimum absolute atomic E-state index is 0.0712. The van der Waals surface area contributed by atoms with Crippen molar-refractivity contribution in [2.45, 2.75) is 39.3 Å². The van der Waals surface area contributed by atoms with Crippen molar-refractivity contribution >= 4 is 5.91 Å². The zero-order valence-electron chi connectivity index (χ0n) is 17.8. The summed E-state index contributed by atoms with van der Waals surface area (Å²) in [6.07, 6.45) is 3.82. The Morgan fingerprint density at radius 3 is 2.86 bits per heavy atom. The first-order valence-electron chi connectivity index (χ1n) is 10.1. The number of aliphatic hydroxyl groups excluding tert-OH is 1. The van der Waals surface area contributed by atoms with Crippen LogP contribution in [0.1, 0.15) is 46.1 Å². The molecule has 8 nitrogen and oxygen atoms in total. The fraction of sp³-hybridized carbons (Fsp3) is 0.571. The Morgan fingerprint density at radius 1 is 1.34 bits per heavy atom. The van der Waals surface area contributed by atoms with E-state index in [-0.39, 0.29) is 25.1 Å². The van der Waals surface area contributed by atoms with Crippen LogP contribution in [0.3, 0.4) is 0 Å². The Hall–Kier alpha value is -2.45. The van der Waals surface area contributed by atoms with Gasteiger partial charge in [0.1, 0.15) is 5.75 Å². The van der Waals surface area contributed by atoms with Gasteiger partial charge in [0.25, 0.3) is 5.91 Å². The lowest BCUT2D eigenvalue weighted by Gasteiger charge is -2.33. The van der Waals surface area contributed by atoms with E-state index in [0.29, 0.717) is 5.69 Å². The van der Waals surface area contributed by atoms with Crippen molar-refractivity contribution in [3.63, 3.8) is 0 Å². The van der Waals surface area contributed by atoms with Gasteiger partial charge in [0.05, 0.1) is 26.0 Å². The van der Waals surface area contributed by atoms with Gasteiger partial charge in [-0.1, -0.05) is 11.3 Å². The molecule has 0 aliphatic carbocycles. The molecule has 29 heavy (non-hydrogen) atoms. The number of hydrogen-bond acceptors (Lipinski definition) is 6. The molecule has 1 aromatic heterocycles. The number of benzene rings is 1. The van der Waals surface area contributed by atoms with Crippen LogP contribution in [0.15, 0.2) is 18.3 Å². The number of carbonyl (C=O) groups is 1. The summed E-state index contributed by atoms with van der Waals surface area (Å²) >= 11 is 0. The smallest absolute Gasteiger partial charge is 0.275 e. The number of aryl methyl sites for hydroxylation is 2. The Bertz CT molecular complexity index is 851. The van der Waals surface area contributed by atoms with Crippen molar-refractivity contribution in [2.24, 2.45) is 0 Å². The lowest BCUT2D eigenvalue weighted by atomic mass is 10.0. The van der Waals surface area contributed by atoms with Crippen molar-refractivity contribution < 1.29 is 14.6 Å². The van der Waals surface area contributed by atoms with Crippen molar-refractivity contribution in [2.75, 3.05) is 40.4 Å². The zero-order chi connectivity index (χ0) is 21.0. The van der Waals surface area contributed by atoms with Gasteiger partial charge in [-0.15, -0.1) is 5.10 Å². The molecule has 158 valence electrons. The number of methoxy groups -OCH3 is 1. The minimum atomic E-state index is -0.220. The Kier molecular flexibility index (Phi) is 6.87. The number of likely N-dealkylation sites (N-methyl/N-ethyl adjacent to an activating group) is 1. The summed E-state index contributed by atoms with van der Waals surface area (Å²) in [5.74, 6) is 0.705. The third kappa shape index (κ3) is 4.94. The number of likely N-dealkylation sites (tertiary alicyclic amines) is 1. The van der Waals surface area contributed by atoms with Gasteiger partial charge in [0.15, 0.2) is 5.69 Å². The van der Waals surface area contributed by atoms with E-state index in [0.717, 1.165) is 43.8 Å². The number of aliphatic hydroxyl groups is 1. The van der Waals surface area contributed by atoms with Gasteiger partial charge in [-0.05, 0) is 56.0 Å². The fourth-order valence-electron chi connectivity index (χ4n) is 3.87. The highest BCUT2D eigenvalue weighted by Gasteiger charge is 2.24. The summed E-state index contributed by atoms with van der Waals surface area (Å²) in [7, 11) is 3.36. The third-order valence-electron chi connectivity index (χ3n) is 5.61. The molecule has 2 aromatic rings.